The highest BCUT2D eigenvalue weighted by Gasteiger charge is 2.62. The molecule has 1 saturated heterocycles. The fourth-order valence-electron chi connectivity index (χ4n) is 6.88. The molecule has 0 saturated carbocycles. The Morgan fingerprint density at radius 3 is 1.96 bits per heavy atom. The van der Waals surface area contributed by atoms with E-state index in [4.69, 9.17) is 0 Å². The van der Waals surface area contributed by atoms with Gasteiger partial charge >= 0.3 is 0 Å². The molecular formula is C36H37N5O4S. The van der Waals surface area contributed by atoms with E-state index >= 15 is 0 Å². The first-order chi connectivity index (χ1) is 21.9. The van der Waals surface area contributed by atoms with E-state index in [1.165, 1.54) is 28.6 Å². The molecule has 2 aliphatic rings. The molecule has 2 atom stereocenters. The summed E-state index contributed by atoms with van der Waals surface area (Å²) in [4.78, 5) is 17.1. The summed E-state index contributed by atoms with van der Waals surface area (Å²) in [6.45, 7) is 9.29. The van der Waals surface area contributed by atoms with E-state index in [9.17, 15) is 18.5 Å². The van der Waals surface area contributed by atoms with Gasteiger partial charge in [-0.15, -0.1) is 0 Å². The Labute approximate surface area is 270 Å². The van der Waals surface area contributed by atoms with E-state index in [1.54, 1.807) is 0 Å². The van der Waals surface area contributed by atoms with E-state index in [-0.39, 0.29) is 11.4 Å². The Bertz CT molecular complexity index is 1960. The van der Waals surface area contributed by atoms with Crippen LogP contribution in [0.1, 0.15) is 23.1 Å². The Morgan fingerprint density at radius 2 is 1.37 bits per heavy atom. The molecule has 0 N–H and O–H groups in total. The van der Waals surface area contributed by atoms with E-state index in [1.807, 2.05) is 116 Å². The number of fused-ring (bicyclic) bond motifs is 3. The molecule has 4 aromatic rings. The third kappa shape index (κ3) is 4.76. The minimum atomic E-state index is -4.37. The van der Waals surface area contributed by atoms with Crippen molar-refractivity contribution >= 4 is 44.0 Å². The van der Waals surface area contributed by atoms with Crippen molar-refractivity contribution in [1.82, 2.24) is 4.31 Å². The third-order valence-electron chi connectivity index (χ3n) is 9.26. The van der Waals surface area contributed by atoms with Gasteiger partial charge in [0.1, 0.15) is 6.17 Å². The summed E-state index contributed by atoms with van der Waals surface area (Å²) in [5.41, 5.74) is 5.57. The highest BCUT2D eigenvalue weighted by Crippen LogP contribution is 2.60. The molecule has 6 rings (SSSR count). The van der Waals surface area contributed by atoms with Gasteiger partial charge in [0, 0.05) is 63.6 Å². The summed E-state index contributed by atoms with van der Waals surface area (Å²) in [7, 11) is 3.52. The van der Waals surface area contributed by atoms with Crippen LogP contribution in [0.5, 0.6) is 0 Å². The van der Waals surface area contributed by atoms with Gasteiger partial charge in [0.25, 0.3) is 15.7 Å². The van der Waals surface area contributed by atoms with Crippen LogP contribution in [0.4, 0.5) is 22.7 Å². The Morgan fingerprint density at radius 1 is 0.826 bits per heavy atom. The summed E-state index contributed by atoms with van der Waals surface area (Å²) in [5, 5.41) is 12.0. The van der Waals surface area contributed by atoms with Gasteiger partial charge in [-0.25, -0.2) is 8.42 Å². The molecule has 0 aliphatic carbocycles. The second-order valence-electron chi connectivity index (χ2n) is 12.1. The van der Waals surface area contributed by atoms with Crippen molar-refractivity contribution in [3.05, 3.63) is 137 Å². The zero-order chi connectivity index (χ0) is 33.0. The van der Waals surface area contributed by atoms with Gasteiger partial charge in [0.05, 0.1) is 10.3 Å². The van der Waals surface area contributed by atoms with Gasteiger partial charge in [0.15, 0.2) is 4.90 Å². The number of nitro groups is 1. The molecule has 0 bridgehead atoms. The zero-order valence-corrected chi connectivity index (χ0v) is 27.2. The molecule has 9 nitrogen and oxygen atoms in total. The highest BCUT2D eigenvalue weighted by molar-refractivity contribution is 7.89. The van der Waals surface area contributed by atoms with Crippen LogP contribution < -0.4 is 14.7 Å². The van der Waals surface area contributed by atoms with Crippen molar-refractivity contribution in [1.29, 1.82) is 0 Å². The van der Waals surface area contributed by atoms with Crippen molar-refractivity contribution in [2.75, 3.05) is 49.4 Å². The fraction of sp³-hybridized carbons (Fsp3) is 0.222. The largest absolute Gasteiger partial charge is 0.378 e. The molecule has 2 heterocycles. The predicted molar refractivity (Wildman–Crippen MR) is 186 cm³/mol. The maximum absolute atomic E-state index is 14.6. The molecule has 0 spiro atoms. The Kier molecular flexibility index (Phi) is 7.74. The van der Waals surface area contributed by atoms with Crippen molar-refractivity contribution in [3.63, 3.8) is 0 Å². The van der Waals surface area contributed by atoms with Gasteiger partial charge in [-0.05, 0) is 65.1 Å². The van der Waals surface area contributed by atoms with Crippen LogP contribution in [0.15, 0.2) is 115 Å². The van der Waals surface area contributed by atoms with Gasteiger partial charge in [-0.1, -0.05) is 67.8 Å². The molecule has 0 radical (unpaired) electrons. The summed E-state index contributed by atoms with van der Waals surface area (Å²) >= 11 is 0. The van der Waals surface area contributed by atoms with Gasteiger partial charge < -0.3 is 14.7 Å². The highest BCUT2D eigenvalue weighted by atomic mass is 32.2. The molecule has 0 aromatic heterocycles. The number of sulfonamides is 1. The summed E-state index contributed by atoms with van der Waals surface area (Å²) < 4.78 is 30.7. The molecule has 10 heteroatoms. The smallest absolute Gasteiger partial charge is 0.289 e. The van der Waals surface area contributed by atoms with Crippen molar-refractivity contribution < 1.29 is 13.3 Å². The maximum atomic E-state index is 14.6. The molecule has 2 aliphatic heterocycles. The number of nitro benzene ring substituents is 1. The number of hydrogen-bond donors (Lipinski definition) is 0. The quantitative estimate of drug-likeness (QED) is 0.151. The van der Waals surface area contributed by atoms with Crippen LogP contribution >= 0.6 is 0 Å². The van der Waals surface area contributed by atoms with Crippen LogP contribution in [0, 0.1) is 10.1 Å². The predicted octanol–water partition coefficient (Wildman–Crippen LogP) is 6.59. The lowest BCUT2D eigenvalue weighted by Gasteiger charge is -2.39. The molecule has 0 amide bonds. The molecule has 4 aromatic carbocycles. The topological polar surface area (TPSA) is 90.2 Å². The average molecular weight is 636 g/mol. The van der Waals surface area contributed by atoms with E-state index in [0.717, 1.165) is 39.3 Å². The van der Waals surface area contributed by atoms with Crippen LogP contribution in [-0.4, -0.2) is 58.5 Å². The van der Waals surface area contributed by atoms with Crippen LogP contribution in [0.3, 0.4) is 0 Å². The minimum absolute atomic E-state index is 0.130. The van der Waals surface area contributed by atoms with Crippen molar-refractivity contribution in [2.45, 2.75) is 22.9 Å². The first-order valence-electron chi connectivity index (χ1n) is 15.0. The minimum Gasteiger partial charge on any atom is -0.378 e. The van der Waals surface area contributed by atoms with Crippen LogP contribution in [0.2, 0.25) is 0 Å². The molecule has 236 valence electrons. The lowest BCUT2D eigenvalue weighted by molar-refractivity contribution is -0.387. The molecule has 46 heavy (non-hydrogen) atoms. The van der Waals surface area contributed by atoms with E-state index in [2.05, 4.69) is 13.2 Å². The third-order valence-corrected chi connectivity index (χ3v) is 11.2. The lowest BCUT2D eigenvalue weighted by atomic mass is 9.71. The molecular weight excluding hydrogens is 598 g/mol. The molecule has 1 fully saturated rings. The zero-order valence-electron chi connectivity index (χ0n) is 26.4. The number of nitrogens with zero attached hydrogens (tertiary/aromatic N) is 5. The normalized spacial score (nSPS) is 19.0. The summed E-state index contributed by atoms with van der Waals surface area (Å²) in [6, 6.07) is 29.4. The Balaban J connectivity index is 1.56. The van der Waals surface area contributed by atoms with Gasteiger partial charge in [-0.2, -0.15) is 4.31 Å². The summed E-state index contributed by atoms with van der Waals surface area (Å²) in [6.07, 6.45) is -0.400. The fourth-order valence-corrected chi connectivity index (χ4v) is 8.65. The van der Waals surface area contributed by atoms with Gasteiger partial charge in [-0.3, -0.25) is 10.1 Å². The van der Waals surface area contributed by atoms with E-state index in [0.29, 0.717) is 12.1 Å². The first kappa shape index (κ1) is 31.1. The number of anilines is 3. The lowest BCUT2D eigenvalue weighted by Crippen LogP contribution is -2.51. The monoisotopic (exact) mass is 635 g/mol. The van der Waals surface area contributed by atoms with Crippen LogP contribution in [0.25, 0.3) is 11.3 Å². The van der Waals surface area contributed by atoms with Gasteiger partial charge in [0.2, 0.25) is 0 Å². The SMILES string of the molecule is C=C(c1ccc(N(C)C)cc1)N1c2ccccc2[C@@]2(C(=C)c3ccc(N(C)C)cc3)CCN(S(=O)(=O)c3ccccc3[N+](=O)[O-])[C@@H]12. The first-order valence-corrected chi connectivity index (χ1v) is 16.4. The number of benzene rings is 4. The maximum Gasteiger partial charge on any atom is 0.289 e. The number of rotatable bonds is 9. The van der Waals surface area contributed by atoms with Crippen LogP contribution in [-0.2, 0) is 15.4 Å². The van der Waals surface area contributed by atoms with Crippen molar-refractivity contribution in [3.8, 4) is 0 Å². The molecule has 0 unspecified atom stereocenters. The van der Waals surface area contributed by atoms with Crippen molar-refractivity contribution in [2.24, 2.45) is 0 Å². The Hall–Kier alpha value is -4.93. The second-order valence-corrected chi connectivity index (χ2v) is 14.0. The second kappa shape index (κ2) is 11.5. The summed E-state index contributed by atoms with van der Waals surface area (Å²) in [5.74, 6) is 0. The van der Waals surface area contributed by atoms with E-state index < -0.39 is 32.2 Å². The average Bonchev–Trinajstić information content (AvgIpc) is 3.59. The number of para-hydroxylation sites is 2. The standard InChI is InChI=1S/C36H37N5O4S/c1-25(27-15-19-29(20-16-27)37(3)4)36-23-24-39(46(44,45)34-14-10-9-13-33(34)41(42)43)35(36)40(32-12-8-7-11-31(32)36)26(2)28-17-21-30(22-18-28)38(5)6/h7-22,35H,1-2,23-24H2,3-6H3/t35-,36-/m0/s1. The number of hydrogen-bond acceptors (Lipinski definition) is 7.